The van der Waals surface area contributed by atoms with Gasteiger partial charge in [-0.1, -0.05) is 11.6 Å². The number of hydrogen-bond acceptors (Lipinski definition) is 3. The summed E-state index contributed by atoms with van der Waals surface area (Å²) in [6.45, 7) is 3.40. The maximum absolute atomic E-state index is 12.5. The first kappa shape index (κ1) is 15.7. The van der Waals surface area contributed by atoms with E-state index in [2.05, 4.69) is 10.4 Å². The van der Waals surface area contributed by atoms with Crippen molar-refractivity contribution in [1.29, 1.82) is 0 Å². The van der Waals surface area contributed by atoms with Crippen LogP contribution < -0.4 is 10.1 Å². The van der Waals surface area contributed by atoms with E-state index < -0.39 is 0 Å². The van der Waals surface area contributed by atoms with E-state index in [0.29, 0.717) is 24.7 Å². The van der Waals surface area contributed by atoms with Crippen LogP contribution >= 0.6 is 11.6 Å². The molecule has 1 aromatic carbocycles. The standard InChI is InChI=1S/C16H19ClN4O2/c1-11(13-8-18-20(2)9-13)19-16(22)21-5-6-23-15-4-3-14(17)7-12(15)10-21/h3-4,7-9,11H,5-6,10H2,1-2H3,(H,19,22)/t11-/m0/s1. The topological polar surface area (TPSA) is 59.4 Å². The van der Waals surface area contributed by atoms with Gasteiger partial charge < -0.3 is 15.0 Å². The highest BCUT2D eigenvalue weighted by Crippen LogP contribution is 2.26. The number of urea groups is 1. The van der Waals surface area contributed by atoms with Crippen LogP contribution in [0.15, 0.2) is 30.6 Å². The zero-order valence-electron chi connectivity index (χ0n) is 13.1. The second-order valence-electron chi connectivity index (χ2n) is 5.64. The predicted octanol–water partition coefficient (Wildman–Crippen LogP) is 2.74. The highest BCUT2D eigenvalue weighted by molar-refractivity contribution is 6.30. The molecule has 1 aliphatic rings. The van der Waals surface area contributed by atoms with Crippen molar-refractivity contribution in [2.45, 2.75) is 19.5 Å². The van der Waals surface area contributed by atoms with Crippen LogP contribution in [-0.4, -0.2) is 33.9 Å². The van der Waals surface area contributed by atoms with Crippen LogP contribution in [0.5, 0.6) is 5.75 Å². The van der Waals surface area contributed by atoms with E-state index in [1.807, 2.05) is 32.3 Å². The molecule has 0 aliphatic carbocycles. The summed E-state index contributed by atoms with van der Waals surface area (Å²) in [4.78, 5) is 14.3. The van der Waals surface area contributed by atoms with Crippen molar-refractivity contribution in [2.75, 3.05) is 13.2 Å². The molecule has 122 valence electrons. The second-order valence-corrected chi connectivity index (χ2v) is 6.08. The highest BCUT2D eigenvalue weighted by atomic mass is 35.5. The van der Waals surface area contributed by atoms with Gasteiger partial charge in [0.15, 0.2) is 0 Å². The SMILES string of the molecule is C[C@H](NC(=O)N1CCOc2ccc(Cl)cc2C1)c1cnn(C)c1. The number of halogens is 1. The Morgan fingerprint density at radius 1 is 1.48 bits per heavy atom. The molecule has 1 N–H and O–H groups in total. The van der Waals surface area contributed by atoms with E-state index in [1.165, 1.54) is 0 Å². The molecule has 6 nitrogen and oxygen atoms in total. The Balaban J connectivity index is 1.70. The average Bonchev–Trinajstić information content (AvgIpc) is 2.83. The number of fused-ring (bicyclic) bond motifs is 1. The second kappa shape index (κ2) is 6.50. The summed E-state index contributed by atoms with van der Waals surface area (Å²) in [5, 5.41) is 7.76. The smallest absolute Gasteiger partial charge is 0.318 e. The Morgan fingerprint density at radius 2 is 2.30 bits per heavy atom. The van der Waals surface area contributed by atoms with Gasteiger partial charge >= 0.3 is 6.03 Å². The molecule has 1 aromatic heterocycles. The first-order chi connectivity index (χ1) is 11.0. The largest absolute Gasteiger partial charge is 0.491 e. The van der Waals surface area contributed by atoms with Gasteiger partial charge in [-0.2, -0.15) is 5.10 Å². The van der Waals surface area contributed by atoms with Gasteiger partial charge in [0.2, 0.25) is 0 Å². The number of benzene rings is 1. The fourth-order valence-corrected chi connectivity index (χ4v) is 2.75. The number of aryl methyl sites for hydroxylation is 1. The molecule has 0 saturated heterocycles. The van der Waals surface area contributed by atoms with Crippen molar-refractivity contribution >= 4 is 17.6 Å². The quantitative estimate of drug-likeness (QED) is 0.918. The van der Waals surface area contributed by atoms with Crippen LogP contribution in [0, 0.1) is 0 Å². The number of nitrogens with zero attached hydrogens (tertiary/aromatic N) is 3. The summed E-state index contributed by atoms with van der Waals surface area (Å²) in [5.74, 6) is 0.782. The van der Waals surface area contributed by atoms with Crippen LogP contribution in [0.3, 0.4) is 0 Å². The molecule has 0 unspecified atom stereocenters. The third kappa shape index (κ3) is 3.59. The summed E-state index contributed by atoms with van der Waals surface area (Å²) >= 11 is 6.04. The van der Waals surface area contributed by atoms with E-state index in [0.717, 1.165) is 16.9 Å². The lowest BCUT2D eigenvalue weighted by Crippen LogP contribution is -2.41. The van der Waals surface area contributed by atoms with Crippen molar-refractivity contribution < 1.29 is 9.53 Å². The average molecular weight is 335 g/mol. The Labute approximate surface area is 140 Å². The molecular formula is C16H19ClN4O2. The molecule has 2 amide bonds. The van der Waals surface area contributed by atoms with Gasteiger partial charge in [0, 0.05) is 29.4 Å². The lowest BCUT2D eigenvalue weighted by molar-refractivity contribution is 0.184. The molecular weight excluding hydrogens is 316 g/mol. The van der Waals surface area contributed by atoms with Crippen molar-refractivity contribution in [3.8, 4) is 5.75 Å². The molecule has 0 bridgehead atoms. The van der Waals surface area contributed by atoms with Crippen LogP contribution in [0.1, 0.15) is 24.1 Å². The van der Waals surface area contributed by atoms with Gasteiger partial charge in [0.25, 0.3) is 0 Å². The molecule has 1 aliphatic heterocycles. The van der Waals surface area contributed by atoms with Crippen LogP contribution in [0.4, 0.5) is 4.79 Å². The molecule has 3 rings (SSSR count). The number of carbonyl (C=O) groups is 1. The van der Waals surface area contributed by atoms with E-state index in [1.54, 1.807) is 21.8 Å². The Hall–Kier alpha value is -2.21. The summed E-state index contributed by atoms with van der Waals surface area (Å²) in [5.41, 5.74) is 1.88. The van der Waals surface area contributed by atoms with Gasteiger partial charge in [0.1, 0.15) is 12.4 Å². The highest BCUT2D eigenvalue weighted by Gasteiger charge is 2.21. The number of hydrogen-bond donors (Lipinski definition) is 1. The molecule has 2 aromatic rings. The number of ether oxygens (including phenoxy) is 1. The van der Waals surface area contributed by atoms with Gasteiger partial charge in [-0.05, 0) is 25.1 Å². The van der Waals surface area contributed by atoms with E-state index in [4.69, 9.17) is 16.3 Å². The lowest BCUT2D eigenvalue weighted by atomic mass is 10.2. The third-order valence-corrected chi connectivity index (χ3v) is 4.09. The van der Waals surface area contributed by atoms with Crippen LogP contribution in [0.25, 0.3) is 0 Å². The molecule has 0 fully saturated rings. The molecule has 1 atom stereocenters. The molecule has 7 heteroatoms. The summed E-state index contributed by atoms with van der Waals surface area (Å²) < 4.78 is 7.40. The minimum atomic E-state index is -0.127. The number of nitrogens with one attached hydrogen (secondary N) is 1. The number of carbonyl (C=O) groups excluding carboxylic acids is 1. The van der Waals surface area contributed by atoms with Gasteiger partial charge in [-0.15, -0.1) is 0 Å². The summed E-state index contributed by atoms with van der Waals surface area (Å²) in [6.07, 6.45) is 3.65. The van der Waals surface area contributed by atoms with Crippen molar-refractivity contribution in [3.05, 3.63) is 46.7 Å². The molecule has 2 heterocycles. The number of aromatic nitrogens is 2. The van der Waals surface area contributed by atoms with Gasteiger partial charge in [-0.3, -0.25) is 4.68 Å². The van der Waals surface area contributed by atoms with E-state index >= 15 is 0 Å². The summed E-state index contributed by atoms with van der Waals surface area (Å²) in [6, 6.07) is 5.24. The van der Waals surface area contributed by atoms with Gasteiger partial charge in [0.05, 0.1) is 25.3 Å². The van der Waals surface area contributed by atoms with Crippen molar-refractivity contribution in [1.82, 2.24) is 20.0 Å². The lowest BCUT2D eigenvalue weighted by Gasteiger charge is -2.23. The monoisotopic (exact) mass is 334 g/mol. The molecule has 0 saturated carbocycles. The predicted molar refractivity (Wildman–Crippen MR) is 87.5 cm³/mol. The normalized spacial score (nSPS) is 15.3. The zero-order chi connectivity index (χ0) is 16.4. The molecule has 23 heavy (non-hydrogen) atoms. The van der Waals surface area contributed by atoms with Crippen molar-refractivity contribution in [2.24, 2.45) is 7.05 Å². The van der Waals surface area contributed by atoms with Crippen LogP contribution in [-0.2, 0) is 13.6 Å². The van der Waals surface area contributed by atoms with Crippen LogP contribution in [0.2, 0.25) is 5.02 Å². The fourth-order valence-electron chi connectivity index (χ4n) is 2.56. The Kier molecular flexibility index (Phi) is 4.43. The van der Waals surface area contributed by atoms with E-state index in [9.17, 15) is 4.79 Å². The Bertz CT molecular complexity index is 716. The molecule has 0 spiro atoms. The first-order valence-corrected chi connectivity index (χ1v) is 7.86. The van der Waals surface area contributed by atoms with Crippen molar-refractivity contribution in [3.63, 3.8) is 0 Å². The third-order valence-electron chi connectivity index (χ3n) is 3.85. The fraction of sp³-hybridized carbons (Fsp3) is 0.375. The molecule has 0 radical (unpaired) electrons. The number of amides is 2. The minimum absolute atomic E-state index is 0.112. The first-order valence-electron chi connectivity index (χ1n) is 7.48. The maximum Gasteiger partial charge on any atom is 0.318 e. The van der Waals surface area contributed by atoms with Gasteiger partial charge in [-0.25, -0.2) is 4.79 Å². The number of rotatable bonds is 2. The summed E-state index contributed by atoms with van der Waals surface area (Å²) in [7, 11) is 1.85. The van der Waals surface area contributed by atoms with E-state index in [-0.39, 0.29) is 12.1 Å². The minimum Gasteiger partial charge on any atom is -0.491 e. The maximum atomic E-state index is 12.5. The Morgan fingerprint density at radius 3 is 3.04 bits per heavy atom. The zero-order valence-corrected chi connectivity index (χ0v) is 13.9.